The van der Waals surface area contributed by atoms with E-state index in [1.165, 1.54) is 148 Å². The number of rotatable bonds is 53. The van der Waals surface area contributed by atoms with Crippen LogP contribution in [0, 0.1) is 0 Å². The van der Waals surface area contributed by atoms with E-state index >= 15 is 0 Å². The van der Waals surface area contributed by atoms with E-state index < -0.39 is 20.0 Å². The summed E-state index contributed by atoms with van der Waals surface area (Å²) < 4.78 is 23.8. The van der Waals surface area contributed by atoms with Crippen molar-refractivity contribution in [2.24, 2.45) is 0 Å². The average molecular weight is 1010 g/mol. The molecule has 0 heterocycles. The Balaban J connectivity index is 4.26. The second-order valence-corrected chi connectivity index (χ2v) is 22.4. The van der Waals surface area contributed by atoms with Gasteiger partial charge in [0.1, 0.15) is 13.2 Å². The van der Waals surface area contributed by atoms with Gasteiger partial charge in [0.05, 0.1) is 39.9 Å². The first-order valence-corrected chi connectivity index (χ1v) is 30.9. The number of phosphoric acid groups is 1. The Kier molecular flexibility index (Phi) is 50.8. The molecule has 0 bridgehead atoms. The van der Waals surface area contributed by atoms with Crippen molar-refractivity contribution in [3.05, 3.63) is 85.1 Å². The van der Waals surface area contributed by atoms with Gasteiger partial charge >= 0.3 is 7.82 Å². The van der Waals surface area contributed by atoms with Crippen LogP contribution in [0.15, 0.2) is 85.1 Å². The highest BCUT2D eigenvalue weighted by Gasteiger charge is 2.28. The normalized spacial score (nSPS) is 14.5. The second kappa shape index (κ2) is 52.5. The van der Waals surface area contributed by atoms with Gasteiger partial charge in [0.25, 0.3) is 0 Å². The summed E-state index contributed by atoms with van der Waals surface area (Å²) in [6, 6.07) is -0.798. The maximum atomic E-state index is 13.0. The Labute approximate surface area is 439 Å². The summed E-state index contributed by atoms with van der Waals surface area (Å²) in [5.74, 6) is -0.202. The Bertz CT molecular complexity index is 1430. The van der Waals surface area contributed by atoms with E-state index in [0.29, 0.717) is 30.3 Å². The van der Waals surface area contributed by atoms with E-state index in [9.17, 15) is 19.4 Å². The number of quaternary nitrogens is 1. The van der Waals surface area contributed by atoms with Crippen LogP contribution in [0.5, 0.6) is 0 Å². The Morgan fingerprint density at radius 2 is 0.831 bits per heavy atom. The zero-order chi connectivity index (χ0) is 52.0. The van der Waals surface area contributed by atoms with Crippen LogP contribution in [0.25, 0.3) is 0 Å². The van der Waals surface area contributed by atoms with Crippen molar-refractivity contribution < 1.29 is 32.9 Å². The Morgan fingerprint density at radius 3 is 1.18 bits per heavy atom. The predicted molar refractivity (Wildman–Crippen MR) is 309 cm³/mol. The van der Waals surface area contributed by atoms with Crippen LogP contribution in [0.4, 0.5) is 0 Å². The number of nitrogens with zero attached hydrogens (tertiary/aromatic N) is 1. The van der Waals surface area contributed by atoms with Gasteiger partial charge in [-0.25, -0.2) is 4.57 Å². The highest BCUT2D eigenvalue weighted by molar-refractivity contribution is 7.47. The molecule has 0 aliphatic heterocycles. The minimum Gasteiger partial charge on any atom is -0.391 e. The summed E-state index contributed by atoms with van der Waals surface area (Å²) in [6.45, 7) is 4.75. The van der Waals surface area contributed by atoms with Crippen LogP contribution in [-0.2, 0) is 18.4 Å². The largest absolute Gasteiger partial charge is 0.472 e. The first-order valence-electron chi connectivity index (χ1n) is 29.5. The topological polar surface area (TPSA) is 105 Å². The van der Waals surface area contributed by atoms with E-state index in [2.05, 4.69) is 104 Å². The number of likely N-dealkylation sites (N-methyl/N-ethyl adjacent to an activating group) is 1. The number of amides is 1. The molecule has 3 atom stereocenters. The SMILES string of the molecule is CC/C=C\C/C=C\C/C=C\C/C=C\C/C=C\C/C=C\C/C=C\CCCC(=O)NC(COP(=O)(O)OCC[N+](C)(C)C)C(O)CCCCCCCCCCCCCCCCCCCCCCCCCCCC. The fourth-order valence-electron chi connectivity index (χ4n) is 8.33. The van der Waals surface area contributed by atoms with Gasteiger partial charge in [0.15, 0.2) is 0 Å². The molecule has 0 saturated heterocycles. The monoisotopic (exact) mass is 1010 g/mol. The fourth-order valence-corrected chi connectivity index (χ4v) is 9.07. The minimum atomic E-state index is -4.35. The van der Waals surface area contributed by atoms with Gasteiger partial charge in [0, 0.05) is 6.42 Å². The molecule has 412 valence electrons. The molecule has 8 nitrogen and oxygen atoms in total. The van der Waals surface area contributed by atoms with Crippen LogP contribution in [0.2, 0.25) is 0 Å². The smallest absolute Gasteiger partial charge is 0.391 e. The van der Waals surface area contributed by atoms with Crippen molar-refractivity contribution in [1.29, 1.82) is 0 Å². The number of hydrogen-bond donors (Lipinski definition) is 3. The lowest BCUT2D eigenvalue weighted by atomic mass is 10.0. The number of aliphatic hydroxyl groups is 1. The third kappa shape index (κ3) is 55.3. The molecule has 0 aliphatic carbocycles. The van der Waals surface area contributed by atoms with E-state index in [1.807, 2.05) is 21.1 Å². The van der Waals surface area contributed by atoms with Gasteiger partial charge in [-0.15, -0.1) is 0 Å². The van der Waals surface area contributed by atoms with Crippen LogP contribution >= 0.6 is 7.82 Å². The van der Waals surface area contributed by atoms with Crippen LogP contribution in [0.3, 0.4) is 0 Å². The molecule has 1 amide bonds. The van der Waals surface area contributed by atoms with Gasteiger partial charge in [-0.1, -0.05) is 266 Å². The molecule has 0 fully saturated rings. The molecule has 0 rings (SSSR count). The molecular formula is C62H114N2O6P+. The molecule has 71 heavy (non-hydrogen) atoms. The summed E-state index contributed by atoms with van der Waals surface area (Å²) in [4.78, 5) is 23.3. The highest BCUT2D eigenvalue weighted by Crippen LogP contribution is 2.43. The summed E-state index contributed by atoms with van der Waals surface area (Å²) >= 11 is 0. The standard InChI is InChI=1S/C62H113N2O6P/c1-6-8-10-12-14-16-18-20-22-24-26-28-30-31-32-34-35-37-39-41-43-45-47-49-51-53-55-61(65)60(59-70-71(67,68)69-58-57-64(3,4)5)63-62(66)56-54-52-50-48-46-44-42-40-38-36-33-29-27-25-23-21-19-17-15-13-11-9-7-2/h9,11,15,17,21,23,27,29,36,38,42,44,48,50,60-61,65H,6-8,10,12-14,16,18-20,22,24-26,28,30-35,37,39-41,43,45-47,49,51-59H2,1-5H3,(H-,63,66,67,68)/p+1/b11-9-,17-15-,23-21-,29-27-,38-36-,44-42-,50-48-. The van der Waals surface area contributed by atoms with Gasteiger partial charge in [0.2, 0.25) is 5.91 Å². The number of aliphatic hydroxyl groups excluding tert-OH is 1. The maximum absolute atomic E-state index is 13.0. The minimum absolute atomic E-state index is 0.0596. The molecule has 0 radical (unpaired) electrons. The number of allylic oxidation sites excluding steroid dienone is 14. The van der Waals surface area contributed by atoms with E-state index in [0.717, 1.165) is 70.6 Å². The number of carbonyl (C=O) groups excluding carboxylic acids is 1. The lowest BCUT2D eigenvalue weighted by Crippen LogP contribution is -2.46. The average Bonchev–Trinajstić information content (AvgIpc) is 3.33. The van der Waals surface area contributed by atoms with Gasteiger partial charge < -0.3 is 19.8 Å². The highest BCUT2D eigenvalue weighted by atomic mass is 31.2. The fraction of sp³-hybridized carbons (Fsp3) is 0.758. The molecule has 0 aromatic carbocycles. The number of unbranched alkanes of at least 4 members (excludes halogenated alkanes) is 26. The second-order valence-electron chi connectivity index (χ2n) is 21.0. The van der Waals surface area contributed by atoms with Crippen LogP contribution < -0.4 is 5.32 Å². The summed E-state index contributed by atoms with van der Waals surface area (Å²) in [5, 5.41) is 14.0. The van der Waals surface area contributed by atoms with Crippen molar-refractivity contribution >= 4 is 13.7 Å². The van der Waals surface area contributed by atoms with Gasteiger partial charge in [-0.3, -0.25) is 13.8 Å². The molecule has 0 aromatic heterocycles. The first-order chi connectivity index (χ1) is 34.5. The Hall–Kier alpha value is -2.32. The zero-order valence-corrected chi connectivity index (χ0v) is 47.8. The van der Waals surface area contributed by atoms with Crippen molar-refractivity contribution in [3.8, 4) is 0 Å². The van der Waals surface area contributed by atoms with E-state index in [-0.39, 0.29) is 19.1 Å². The molecule has 0 aromatic rings. The van der Waals surface area contributed by atoms with Crippen molar-refractivity contribution in [2.45, 2.75) is 264 Å². The molecular weight excluding hydrogens is 900 g/mol. The summed E-state index contributed by atoms with van der Waals surface area (Å²) in [5.41, 5.74) is 0. The summed E-state index contributed by atoms with van der Waals surface area (Å²) in [6.07, 6.45) is 73.7. The van der Waals surface area contributed by atoms with Crippen molar-refractivity contribution in [3.63, 3.8) is 0 Å². The number of nitrogens with one attached hydrogen (secondary N) is 1. The molecule has 3 unspecified atom stereocenters. The van der Waals surface area contributed by atoms with E-state index in [1.54, 1.807) is 0 Å². The number of hydrogen-bond acceptors (Lipinski definition) is 5. The quantitative estimate of drug-likeness (QED) is 0.0243. The van der Waals surface area contributed by atoms with Crippen LogP contribution in [-0.4, -0.2) is 73.4 Å². The zero-order valence-electron chi connectivity index (χ0n) is 46.9. The third-order valence-corrected chi connectivity index (χ3v) is 13.9. The first kappa shape index (κ1) is 68.7. The van der Waals surface area contributed by atoms with Gasteiger partial charge in [-0.2, -0.15) is 0 Å². The van der Waals surface area contributed by atoms with E-state index in [4.69, 9.17) is 9.05 Å². The molecule has 3 N–H and O–H groups in total. The lowest BCUT2D eigenvalue weighted by molar-refractivity contribution is -0.870. The molecule has 0 aliphatic rings. The van der Waals surface area contributed by atoms with Crippen molar-refractivity contribution in [1.82, 2.24) is 5.32 Å². The Morgan fingerprint density at radius 1 is 0.493 bits per heavy atom. The number of carbonyl (C=O) groups is 1. The maximum Gasteiger partial charge on any atom is 0.472 e. The molecule has 0 saturated carbocycles. The molecule has 9 heteroatoms. The number of phosphoric ester groups is 1. The van der Waals surface area contributed by atoms with Crippen LogP contribution in [0.1, 0.15) is 251 Å². The molecule has 0 spiro atoms. The lowest BCUT2D eigenvalue weighted by Gasteiger charge is -2.26. The van der Waals surface area contributed by atoms with Crippen molar-refractivity contribution in [2.75, 3.05) is 40.9 Å². The third-order valence-electron chi connectivity index (χ3n) is 12.9. The summed E-state index contributed by atoms with van der Waals surface area (Å²) in [7, 11) is 1.57. The van der Waals surface area contributed by atoms with Gasteiger partial charge in [-0.05, 0) is 64.2 Å². The predicted octanol–water partition coefficient (Wildman–Crippen LogP) is 18.0.